The summed E-state index contributed by atoms with van der Waals surface area (Å²) in [6.45, 7) is 4.79. The van der Waals surface area contributed by atoms with Crippen LogP contribution in [-0.2, 0) is 5.41 Å². The summed E-state index contributed by atoms with van der Waals surface area (Å²) in [4.78, 5) is 0. The zero-order valence-corrected chi connectivity index (χ0v) is 34.3. The van der Waals surface area contributed by atoms with Crippen LogP contribution >= 0.6 is 22.7 Å². The predicted octanol–water partition coefficient (Wildman–Crippen LogP) is 17.2. The van der Waals surface area contributed by atoms with Crippen LogP contribution in [0.15, 0.2) is 182 Å². The summed E-state index contributed by atoms with van der Waals surface area (Å²) < 4.78 is 5.48. The van der Waals surface area contributed by atoms with Crippen molar-refractivity contribution in [3.63, 3.8) is 0 Å². The second-order valence-electron chi connectivity index (χ2n) is 16.7. The minimum absolute atomic E-state index is 0.119. The Bertz CT molecular complexity index is 3690. The number of hydrogen-bond donors (Lipinski definition) is 0. The van der Waals surface area contributed by atoms with E-state index in [1.165, 1.54) is 128 Å². The highest BCUT2D eigenvalue weighted by atomic mass is 32.1. The molecule has 276 valence electrons. The van der Waals surface area contributed by atoms with E-state index in [9.17, 15) is 0 Å². The van der Waals surface area contributed by atoms with E-state index in [1.54, 1.807) is 0 Å². The second kappa shape index (κ2) is 12.2. The number of fused-ring (bicyclic) bond motifs is 14. The van der Waals surface area contributed by atoms with Crippen molar-refractivity contribution in [3.8, 4) is 44.5 Å². The maximum absolute atomic E-state index is 2.46. The van der Waals surface area contributed by atoms with Gasteiger partial charge in [-0.1, -0.05) is 178 Å². The summed E-state index contributed by atoms with van der Waals surface area (Å²) >= 11 is 3.85. The highest BCUT2D eigenvalue weighted by molar-refractivity contribution is 7.30. The highest BCUT2D eigenvalue weighted by Gasteiger charge is 2.38. The van der Waals surface area contributed by atoms with Gasteiger partial charge >= 0.3 is 0 Å². The zero-order chi connectivity index (χ0) is 39.0. The minimum atomic E-state index is -0.119. The first-order chi connectivity index (χ1) is 29.0. The Morgan fingerprint density at radius 3 is 1.64 bits per heavy atom. The normalized spacial score (nSPS) is 13.4. The molecule has 0 unspecified atom stereocenters. The van der Waals surface area contributed by atoms with Gasteiger partial charge in [0.05, 0.1) is 0 Å². The van der Waals surface area contributed by atoms with Crippen LogP contribution in [0.5, 0.6) is 0 Å². The molecule has 0 saturated heterocycles. The van der Waals surface area contributed by atoms with Crippen LogP contribution in [0.3, 0.4) is 0 Å². The molecule has 2 aromatic heterocycles. The standard InChI is InChI=1S/C57H36S2/c1-57(2)48-24-11-9-15-36(48)41-22-13-23-45(54(41)57)52-39-18-6-4-16-37(39)51(38-17-5-7-19-40(38)52)34-28-26-33(27-29-34)46-32-47-43-30-31-50-53(44-21-10-12-25-49(44)58-50)56(43)59-55(47)42-20-8-3-14-35(42)46/h3-32H,1-2H3. The van der Waals surface area contributed by atoms with Crippen molar-refractivity contribution >= 4 is 95.3 Å². The van der Waals surface area contributed by atoms with E-state index in [0.29, 0.717) is 0 Å². The zero-order valence-electron chi connectivity index (χ0n) is 32.6. The van der Waals surface area contributed by atoms with Crippen LogP contribution in [0.4, 0.5) is 0 Å². The molecular weight excluding hydrogens is 749 g/mol. The lowest BCUT2D eigenvalue weighted by atomic mass is 9.77. The minimum Gasteiger partial charge on any atom is -0.135 e. The molecule has 0 bridgehead atoms. The van der Waals surface area contributed by atoms with Gasteiger partial charge in [0.2, 0.25) is 0 Å². The number of rotatable bonds is 3. The van der Waals surface area contributed by atoms with Crippen LogP contribution < -0.4 is 0 Å². The van der Waals surface area contributed by atoms with Gasteiger partial charge in [0, 0.05) is 51.1 Å². The van der Waals surface area contributed by atoms with Crippen molar-refractivity contribution in [3.05, 3.63) is 193 Å². The largest absolute Gasteiger partial charge is 0.135 e. The van der Waals surface area contributed by atoms with E-state index >= 15 is 0 Å². The van der Waals surface area contributed by atoms with Crippen LogP contribution in [0.2, 0.25) is 0 Å². The summed E-state index contributed by atoms with van der Waals surface area (Å²) in [6.07, 6.45) is 0. The number of hydrogen-bond acceptors (Lipinski definition) is 2. The van der Waals surface area contributed by atoms with E-state index in [0.717, 1.165) is 0 Å². The summed E-state index contributed by atoms with van der Waals surface area (Å²) in [6, 6.07) is 68.5. The fourth-order valence-electron chi connectivity index (χ4n) is 10.7. The molecule has 2 heterocycles. The molecule has 0 fully saturated rings. The van der Waals surface area contributed by atoms with Gasteiger partial charge in [0.25, 0.3) is 0 Å². The third-order valence-corrected chi connectivity index (χ3v) is 15.7. The molecule has 0 aliphatic heterocycles. The molecular formula is C57H36S2. The molecule has 12 aromatic rings. The Balaban J connectivity index is 1.01. The van der Waals surface area contributed by atoms with Crippen LogP contribution in [0.25, 0.3) is 117 Å². The van der Waals surface area contributed by atoms with Gasteiger partial charge in [-0.05, 0) is 101 Å². The Morgan fingerprint density at radius 2 is 0.898 bits per heavy atom. The smallest absolute Gasteiger partial charge is 0.0448 e. The van der Waals surface area contributed by atoms with Crippen LogP contribution in [-0.4, -0.2) is 0 Å². The summed E-state index contributed by atoms with van der Waals surface area (Å²) in [5.41, 5.74) is 13.1. The van der Waals surface area contributed by atoms with E-state index in [2.05, 4.69) is 196 Å². The molecule has 1 aliphatic rings. The van der Waals surface area contributed by atoms with E-state index in [1.807, 2.05) is 22.7 Å². The van der Waals surface area contributed by atoms with Crippen LogP contribution in [0.1, 0.15) is 25.0 Å². The molecule has 0 atom stereocenters. The first kappa shape index (κ1) is 33.4. The Hall–Kier alpha value is -6.58. The third-order valence-electron chi connectivity index (χ3n) is 13.3. The summed E-state index contributed by atoms with van der Waals surface area (Å²) in [5, 5.41) is 13.2. The third kappa shape index (κ3) is 4.59. The lowest BCUT2D eigenvalue weighted by Crippen LogP contribution is -2.16. The lowest BCUT2D eigenvalue weighted by Gasteiger charge is -2.26. The number of benzene rings is 10. The SMILES string of the molecule is CC1(C)c2ccccc2-c2cccc(-c3c4ccccc4c(-c4ccc(-c5cc6c7ccc8sc9ccccc9c8c7sc6c6ccccc56)cc4)c4ccccc34)c21. The topological polar surface area (TPSA) is 0 Å². The maximum Gasteiger partial charge on any atom is 0.0448 e. The fourth-order valence-corrected chi connectivity index (χ4v) is 13.3. The molecule has 0 N–H and O–H groups in total. The monoisotopic (exact) mass is 784 g/mol. The molecule has 0 spiro atoms. The molecule has 59 heavy (non-hydrogen) atoms. The molecule has 0 nitrogen and oxygen atoms in total. The van der Waals surface area contributed by atoms with E-state index in [4.69, 9.17) is 0 Å². The molecule has 1 aliphatic carbocycles. The first-order valence-corrected chi connectivity index (χ1v) is 22.1. The van der Waals surface area contributed by atoms with Crippen LogP contribution in [0, 0.1) is 0 Å². The van der Waals surface area contributed by atoms with Crippen molar-refractivity contribution in [2.24, 2.45) is 0 Å². The molecule has 0 radical (unpaired) electrons. The second-order valence-corrected chi connectivity index (χ2v) is 18.8. The van der Waals surface area contributed by atoms with Crippen molar-refractivity contribution in [2.75, 3.05) is 0 Å². The summed E-state index contributed by atoms with van der Waals surface area (Å²) in [7, 11) is 0. The fraction of sp³-hybridized carbons (Fsp3) is 0.0526. The quantitative estimate of drug-likeness (QED) is 0.157. The Morgan fingerprint density at radius 1 is 0.339 bits per heavy atom. The van der Waals surface area contributed by atoms with E-state index < -0.39 is 0 Å². The average Bonchev–Trinajstić information content (AvgIpc) is 3.93. The molecule has 0 saturated carbocycles. The van der Waals surface area contributed by atoms with Crippen molar-refractivity contribution < 1.29 is 0 Å². The predicted molar refractivity (Wildman–Crippen MR) is 259 cm³/mol. The van der Waals surface area contributed by atoms with Gasteiger partial charge in [0.1, 0.15) is 0 Å². The summed E-state index contributed by atoms with van der Waals surface area (Å²) in [5.74, 6) is 0. The van der Waals surface area contributed by atoms with Crippen molar-refractivity contribution in [1.29, 1.82) is 0 Å². The highest BCUT2D eigenvalue weighted by Crippen LogP contribution is 2.55. The maximum atomic E-state index is 2.46. The molecule has 10 aromatic carbocycles. The molecule has 13 rings (SSSR count). The Kier molecular flexibility index (Phi) is 6.92. The molecule has 2 heteroatoms. The van der Waals surface area contributed by atoms with E-state index in [-0.39, 0.29) is 5.41 Å². The van der Waals surface area contributed by atoms with Gasteiger partial charge in [-0.3, -0.25) is 0 Å². The van der Waals surface area contributed by atoms with Crippen molar-refractivity contribution in [2.45, 2.75) is 19.3 Å². The first-order valence-electron chi connectivity index (χ1n) is 20.5. The van der Waals surface area contributed by atoms with Gasteiger partial charge in [-0.15, -0.1) is 22.7 Å². The van der Waals surface area contributed by atoms with Gasteiger partial charge in [-0.2, -0.15) is 0 Å². The van der Waals surface area contributed by atoms with Crippen molar-refractivity contribution in [1.82, 2.24) is 0 Å². The van der Waals surface area contributed by atoms with Gasteiger partial charge in [0.15, 0.2) is 0 Å². The Labute approximate surface area is 350 Å². The van der Waals surface area contributed by atoms with Gasteiger partial charge < -0.3 is 0 Å². The average molecular weight is 785 g/mol. The lowest BCUT2D eigenvalue weighted by molar-refractivity contribution is 0.662. The van der Waals surface area contributed by atoms with Gasteiger partial charge in [-0.25, -0.2) is 0 Å². The number of thiophene rings is 2. The molecule has 0 amide bonds.